The zero-order chi connectivity index (χ0) is 13.2. The predicted molar refractivity (Wildman–Crippen MR) is 63.1 cm³/mol. The highest BCUT2D eigenvalue weighted by Crippen LogP contribution is 2.51. The first-order valence-electron chi connectivity index (χ1n) is 5.79. The lowest BCUT2D eigenvalue weighted by Gasteiger charge is -2.19. The minimum Gasteiger partial charge on any atom is -0.461 e. The standard InChI is InChI=1S/C13H8N2O4/c16-9-6-13(11(17)14-9)7-2-1-3-8-10(7)15(12(13)18)4-5-19-8/h1-5H,6H2,(H,14,16,17). The summed E-state index contributed by atoms with van der Waals surface area (Å²) in [5, 5.41) is 2.22. The molecule has 6 heteroatoms. The van der Waals surface area contributed by atoms with E-state index in [9.17, 15) is 14.4 Å². The van der Waals surface area contributed by atoms with Crippen molar-refractivity contribution in [2.24, 2.45) is 0 Å². The van der Waals surface area contributed by atoms with E-state index < -0.39 is 23.1 Å². The Morgan fingerprint density at radius 3 is 2.84 bits per heavy atom. The Labute approximate surface area is 107 Å². The number of benzene rings is 1. The number of hydrogen-bond acceptors (Lipinski definition) is 4. The average molecular weight is 256 g/mol. The van der Waals surface area contributed by atoms with Crippen LogP contribution >= 0.6 is 0 Å². The molecule has 3 aliphatic rings. The van der Waals surface area contributed by atoms with Crippen molar-refractivity contribution in [2.75, 3.05) is 4.90 Å². The van der Waals surface area contributed by atoms with E-state index in [1.54, 1.807) is 18.2 Å². The third-order valence-electron chi connectivity index (χ3n) is 3.75. The zero-order valence-corrected chi connectivity index (χ0v) is 9.67. The molecule has 0 aliphatic carbocycles. The molecule has 4 rings (SSSR count). The van der Waals surface area contributed by atoms with Crippen LogP contribution in [-0.4, -0.2) is 17.7 Å². The van der Waals surface area contributed by atoms with E-state index in [-0.39, 0.29) is 6.42 Å². The van der Waals surface area contributed by atoms with Crippen molar-refractivity contribution < 1.29 is 19.1 Å². The smallest absolute Gasteiger partial charge is 0.252 e. The van der Waals surface area contributed by atoms with E-state index in [4.69, 9.17) is 4.74 Å². The first-order chi connectivity index (χ1) is 9.14. The summed E-state index contributed by atoms with van der Waals surface area (Å²) < 4.78 is 5.34. The van der Waals surface area contributed by atoms with Crippen molar-refractivity contribution in [1.82, 2.24) is 5.32 Å². The Bertz CT molecular complexity index is 694. The first kappa shape index (κ1) is 10.3. The van der Waals surface area contributed by atoms with Crippen LogP contribution < -0.4 is 15.0 Å². The first-order valence-corrected chi connectivity index (χ1v) is 5.79. The number of imide groups is 1. The molecule has 1 spiro atoms. The van der Waals surface area contributed by atoms with E-state index in [1.807, 2.05) is 0 Å². The summed E-state index contributed by atoms with van der Waals surface area (Å²) >= 11 is 0. The van der Waals surface area contributed by atoms with Crippen molar-refractivity contribution in [3.05, 3.63) is 36.2 Å². The van der Waals surface area contributed by atoms with Gasteiger partial charge in [0.25, 0.3) is 5.91 Å². The second-order valence-corrected chi connectivity index (χ2v) is 4.69. The SMILES string of the molecule is O=C1CC2(C(=O)N1)C(=O)N1C=COc3cccc2c31. The number of nitrogens with zero attached hydrogens (tertiary/aromatic N) is 1. The summed E-state index contributed by atoms with van der Waals surface area (Å²) in [6.07, 6.45) is 2.71. The Hall–Kier alpha value is -2.63. The summed E-state index contributed by atoms with van der Waals surface area (Å²) in [6, 6.07) is 5.12. The molecule has 3 amide bonds. The topological polar surface area (TPSA) is 75.7 Å². The molecule has 1 unspecified atom stereocenters. The summed E-state index contributed by atoms with van der Waals surface area (Å²) in [4.78, 5) is 37.6. The van der Waals surface area contributed by atoms with Crippen LogP contribution in [0.4, 0.5) is 5.69 Å². The maximum absolute atomic E-state index is 12.6. The molecule has 1 aromatic carbocycles. The van der Waals surface area contributed by atoms with Gasteiger partial charge < -0.3 is 4.74 Å². The number of rotatable bonds is 0. The van der Waals surface area contributed by atoms with Crippen LogP contribution in [0.2, 0.25) is 0 Å². The lowest BCUT2D eigenvalue weighted by molar-refractivity contribution is -0.132. The molecular formula is C13H8N2O4. The Morgan fingerprint density at radius 1 is 1.26 bits per heavy atom. The number of para-hydroxylation sites is 1. The van der Waals surface area contributed by atoms with Crippen LogP contribution in [0, 0.1) is 0 Å². The maximum atomic E-state index is 12.6. The second kappa shape index (κ2) is 3.03. The number of fused-ring (bicyclic) bond motifs is 1. The van der Waals surface area contributed by atoms with Crippen molar-refractivity contribution in [3.8, 4) is 5.75 Å². The van der Waals surface area contributed by atoms with E-state index in [2.05, 4.69) is 5.32 Å². The van der Waals surface area contributed by atoms with Crippen molar-refractivity contribution in [3.63, 3.8) is 0 Å². The van der Waals surface area contributed by atoms with Crippen LogP contribution in [0.5, 0.6) is 5.75 Å². The molecular weight excluding hydrogens is 248 g/mol. The molecule has 6 nitrogen and oxygen atoms in total. The fourth-order valence-corrected chi connectivity index (χ4v) is 2.93. The van der Waals surface area contributed by atoms with Crippen molar-refractivity contribution >= 4 is 23.4 Å². The Balaban J connectivity index is 2.05. The number of nitrogens with one attached hydrogen (secondary N) is 1. The molecule has 0 bridgehead atoms. The minimum absolute atomic E-state index is 0.147. The number of carbonyl (C=O) groups is 3. The number of amides is 3. The van der Waals surface area contributed by atoms with Gasteiger partial charge in [-0.15, -0.1) is 0 Å². The fraction of sp³-hybridized carbons (Fsp3) is 0.154. The molecule has 3 aliphatic heterocycles. The summed E-state index contributed by atoms with van der Waals surface area (Å²) in [7, 11) is 0. The second-order valence-electron chi connectivity index (χ2n) is 4.69. The quantitative estimate of drug-likeness (QED) is 0.530. The van der Waals surface area contributed by atoms with Crippen LogP contribution in [0.15, 0.2) is 30.7 Å². The van der Waals surface area contributed by atoms with Gasteiger partial charge in [-0.2, -0.15) is 0 Å². The van der Waals surface area contributed by atoms with Gasteiger partial charge in [0.1, 0.15) is 6.26 Å². The lowest BCUT2D eigenvalue weighted by Crippen LogP contribution is -2.44. The van der Waals surface area contributed by atoms with Gasteiger partial charge in [0, 0.05) is 11.8 Å². The van der Waals surface area contributed by atoms with Gasteiger partial charge >= 0.3 is 0 Å². The van der Waals surface area contributed by atoms with Gasteiger partial charge in [-0.3, -0.25) is 24.6 Å². The average Bonchev–Trinajstić information content (AvgIpc) is 2.83. The molecule has 94 valence electrons. The van der Waals surface area contributed by atoms with Gasteiger partial charge in [-0.25, -0.2) is 0 Å². The number of carbonyl (C=O) groups excluding carboxylic acids is 3. The van der Waals surface area contributed by atoms with Crippen molar-refractivity contribution in [1.29, 1.82) is 0 Å². The van der Waals surface area contributed by atoms with E-state index >= 15 is 0 Å². The molecule has 3 heterocycles. The van der Waals surface area contributed by atoms with Crippen LogP contribution in [0.1, 0.15) is 12.0 Å². The highest BCUT2D eigenvalue weighted by molar-refractivity contribution is 6.29. The van der Waals surface area contributed by atoms with Crippen LogP contribution in [0.25, 0.3) is 0 Å². The van der Waals surface area contributed by atoms with Gasteiger partial charge in [0.05, 0.1) is 12.1 Å². The molecule has 1 fully saturated rings. The molecule has 1 aromatic rings. The fourth-order valence-electron chi connectivity index (χ4n) is 2.93. The molecule has 0 radical (unpaired) electrons. The Kier molecular flexibility index (Phi) is 1.64. The number of hydrogen-bond donors (Lipinski definition) is 1. The van der Waals surface area contributed by atoms with E-state index in [0.29, 0.717) is 17.0 Å². The number of anilines is 1. The van der Waals surface area contributed by atoms with Crippen LogP contribution in [0.3, 0.4) is 0 Å². The highest BCUT2D eigenvalue weighted by Gasteiger charge is 2.61. The molecule has 0 aromatic heterocycles. The maximum Gasteiger partial charge on any atom is 0.252 e. The molecule has 1 saturated heterocycles. The zero-order valence-electron chi connectivity index (χ0n) is 9.67. The monoisotopic (exact) mass is 256 g/mol. The van der Waals surface area contributed by atoms with Gasteiger partial charge in [0.15, 0.2) is 11.2 Å². The third-order valence-corrected chi connectivity index (χ3v) is 3.75. The number of ether oxygens (including phenoxy) is 1. The third kappa shape index (κ3) is 1.00. The largest absolute Gasteiger partial charge is 0.461 e. The van der Waals surface area contributed by atoms with E-state index in [0.717, 1.165) is 0 Å². The molecule has 0 saturated carbocycles. The molecule has 19 heavy (non-hydrogen) atoms. The molecule has 1 atom stereocenters. The normalized spacial score (nSPS) is 26.7. The van der Waals surface area contributed by atoms with Crippen molar-refractivity contribution in [2.45, 2.75) is 11.8 Å². The Morgan fingerprint density at radius 2 is 2.11 bits per heavy atom. The summed E-state index contributed by atoms with van der Waals surface area (Å²) in [5.41, 5.74) is -0.344. The lowest BCUT2D eigenvalue weighted by atomic mass is 9.80. The van der Waals surface area contributed by atoms with E-state index in [1.165, 1.54) is 17.4 Å². The minimum atomic E-state index is -1.43. The van der Waals surface area contributed by atoms with Gasteiger partial charge in [-0.1, -0.05) is 12.1 Å². The summed E-state index contributed by atoms with van der Waals surface area (Å²) in [6.45, 7) is 0. The van der Waals surface area contributed by atoms with Gasteiger partial charge in [0.2, 0.25) is 11.8 Å². The molecule has 1 N–H and O–H groups in total. The highest BCUT2D eigenvalue weighted by atomic mass is 16.5. The summed E-state index contributed by atoms with van der Waals surface area (Å²) in [5.74, 6) is -0.880. The van der Waals surface area contributed by atoms with Crippen LogP contribution in [-0.2, 0) is 19.8 Å². The van der Waals surface area contributed by atoms with Gasteiger partial charge in [-0.05, 0) is 6.07 Å². The predicted octanol–water partition coefficient (Wildman–Crippen LogP) is 0.181.